The summed E-state index contributed by atoms with van der Waals surface area (Å²) < 4.78 is 25.4. The summed E-state index contributed by atoms with van der Waals surface area (Å²) in [5.41, 5.74) is 1.02. The number of carbonyl (C=O) groups excluding carboxylic acids is 1. The van der Waals surface area contributed by atoms with E-state index in [1.54, 1.807) is 24.3 Å². The second-order valence-corrected chi connectivity index (χ2v) is 7.62. The van der Waals surface area contributed by atoms with Gasteiger partial charge in [0, 0.05) is 5.56 Å². The molecule has 1 amide bonds. The van der Waals surface area contributed by atoms with Crippen LogP contribution in [-0.2, 0) is 9.84 Å². The molecule has 0 fully saturated rings. The summed E-state index contributed by atoms with van der Waals surface area (Å²) in [5.74, 6) is -0.794. The highest BCUT2D eigenvalue weighted by atomic mass is 32.2. The molecule has 0 bridgehead atoms. The molecule has 26 heavy (non-hydrogen) atoms. The summed E-state index contributed by atoms with van der Waals surface area (Å²) in [4.78, 5) is 12.4. The number of sulfone groups is 1. The lowest BCUT2D eigenvalue weighted by Gasteiger charge is -2.10. The maximum Gasteiger partial charge on any atom is 0.255 e. The van der Waals surface area contributed by atoms with Crippen LogP contribution in [0.15, 0.2) is 53.7 Å². The molecule has 0 saturated carbocycles. The van der Waals surface area contributed by atoms with Crippen molar-refractivity contribution in [3.63, 3.8) is 0 Å². The molecule has 0 aliphatic rings. The number of hydrogen-bond donors (Lipinski definition) is 2. The fourth-order valence-corrected chi connectivity index (χ4v) is 3.12. The molecule has 1 aromatic heterocycles. The van der Waals surface area contributed by atoms with Gasteiger partial charge >= 0.3 is 0 Å². The fourth-order valence-electron chi connectivity index (χ4n) is 2.22. The lowest BCUT2D eigenvalue weighted by Crippen LogP contribution is -2.13. The zero-order valence-electron chi connectivity index (χ0n) is 13.7. The van der Waals surface area contributed by atoms with Crippen LogP contribution in [-0.4, -0.2) is 45.4 Å². The molecular weight excluding hydrogens is 358 g/mol. The Labute approximate surface area is 149 Å². The third-order valence-corrected chi connectivity index (χ3v) is 5.43. The van der Waals surface area contributed by atoms with Gasteiger partial charge in [-0.1, -0.05) is 6.92 Å². The van der Waals surface area contributed by atoms with Crippen molar-refractivity contribution in [1.82, 2.24) is 20.2 Å². The Morgan fingerprint density at radius 2 is 1.92 bits per heavy atom. The van der Waals surface area contributed by atoms with Crippen LogP contribution < -0.4 is 5.32 Å². The van der Waals surface area contributed by atoms with E-state index in [-0.39, 0.29) is 22.1 Å². The molecule has 2 aromatic carbocycles. The number of aromatic hydroxyl groups is 1. The first-order valence-corrected chi connectivity index (χ1v) is 9.26. The van der Waals surface area contributed by atoms with Gasteiger partial charge in [0.15, 0.2) is 9.84 Å². The predicted octanol–water partition coefficient (Wildman–Crippen LogP) is 1.41. The number of phenols is 1. The lowest BCUT2D eigenvalue weighted by molar-refractivity contribution is 0.102. The van der Waals surface area contributed by atoms with E-state index in [1.165, 1.54) is 36.1 Å². The van der Waals surface area contributed by atoms with E-state index in [4.69, 9.17) is 0 Å². The number of benzene rings is 2. The topological polar surface area (TPSA) is 127 Å². The summed E-state index contributed by atoms with van der Waals surface area (Å²) in [6.07, 6.45) is 1.42. The number of hydrogen-bond acceptors (Lipinski definition) is 7. The van der Waals surface area contributed by atoms with E-state index in [0.717, 1.165) is 0 Å². The van der Waals surface area contributed by atoms with E-state index in [9.17, 15) is 18.3 Å². The van der Waals surface area contributed by atoms with E-state index in [1.807, 2.05) is 0 Å². The second kappa shape index (κ2) is 6.92. The summed E-state index contributed by atoms with van der Waals surface area (Å²) in [7, 11) is -3.45. The molecular formula is C16H15N5O4S. The van der Waals surface area contributed by atoms with Gasteiger partial charge < -0.3 is 10.4 Å². The number of nitrogens with zero attached hydrogens (tertiary/aromatic N) is 4. The first-order chi connectivity index (χ1) is 12.4. The fraction of sp³-hybridized carbons (Fsp3) is 0.125. The molecule has 1 heterocycles. The van der Waals surface area contributed by atoms with Crippen molar-refractivity contribution in [2.24, 2.45) is 0 Å². The normalized spacial score (nSPS) is 11.3. The van der Waals surface area contributed by atoms with E-state index in [2.05, 4.69) is 20.8 Å². The molecule has 10 heteroatoms. The quantitative estimate of drug-likeness (QED) is 0.647. The van der Waals surface area contributed by atoms with Gasteiger partial charge in [0.25, 0.3) is 5.91 Å². The predicted molar refractivity (Wildman–Crippen MR) is 92.9 cm³/mol. The van der Waals surface area contributed by atoms with Crippen molar-refractivity contribution in [3.8, 4) is 11.4 Å². The van der Waals surface area contributed by atoms with Crippen molar-refractivity contribution in [1.29, 1.82) is 0 Å². The lowest BCUT2D eigenvalue weighted by atomic mass is 10.2. The number of anilines is 1. The summed E-state index contributed by atoms with van der Waals surface area (Å²) in [5, 5.41) is 23.2. The Bertz CT molecular complexity index is 1030. The maximum absolute atomic E-state index is 12.4. The van der Waals surface area contributed by atoms with Crippen molar-refractivity contribution in [2.75, 3.05) is 11.1 Å². The maximum atomic E-state index is 12.4. The Morgan fingerprint density at radius 3 is 2.54 bits per heavy atom. The minimum absolute atomic E-state index is 0.0223. The Balaban J connectivity index is 1.83. The third-order valence-electron chi connectivity index (χ3n) is 3.70. The van der Waals surface area contributed by atoms with Crippen molar-refractivity contribution in [3.05, 3.63) is 54.4 Å². The third kappa shape index (κ3) is 3.54. The van der Waals surface area contributed by atoms with Gasteiger partial charge in [0.2, 0.25) is 0 Å². The molecule has 0 saturated heterocycles. The van der Waals surface area contributed by atoms with Crippen LogP contribution in [0.3, 0.4) is 0 Å². The largest absolute Gasteiger partial charge is 0.506 e. The molecule has 0 atom stereocenters. The average Bonchev–Trinajstić information content (AvgIpc) is 3.18. The number of aromatic nitrogens is 4. The highest BCUT2D eigenvalue weighted by molar-refractivity contribution is 7.91. The number of carbonyl (C=O) groups is 1. The van der Waals surface area contributed by atoms with Crippen LogP contribution in [0.2, 0.25) is 0 Å². The van der Waals surface area contributed by atoms with Crippen molar-refractivity contribution >= 4 is 21.4 Å². The molecule has 0 aliphatic heterocycles. The molecule has 9 nitrogen and oxygen atoms in total. The van der Waals surface area contributed by atoms with Gasteiger partial charge in [-0.05, 0) is 52.9 Å². The van der Waals surface area contributed by atoms with Crippen LogP contribution in [0.1, 0.15) is 17.3 Å². The molecule has 2 N–H and O–H groups in total. The zero-order valence-corrected chi connectivity index (χ0v) is 14.5. The SMILES string of the molecule is CCS(=O)(=O)c1ccc(O)c(NC(=O)c2ccc(-n3cnnn3)cc2)c1. The highest BCUT2D eigenvalue weighted by Crippen LogP contribution is 2.27. The Morgan fingerprint density at radius 1 is 1.19 bits per heavy atom. The number of nitrogens with one attached hydrogen (secondary N) is 1. The monoisotopic (exact) mass is 373 g/mol. The molecule has 0 aliphatic carbocycles. The number of tetrazole rings is 1. The average molecular weight is 373 g/mol. The van der Waals surface area contributed by atoms with Gasteiger partial charge in [-0.15, -0.1) is 5.10 Å². The number of phenolic OH excluding ortho intramolecular Hbond substituents is 1. The molecule has 0 unspecified atom stereocenters. The zero-order chi connectivity index (χ0) is 18.7. The van der Waals surface area contributed by atoms with Gasteiger partial charge in [-0.3, -0.25) is 4.79 Å². The van der Waals surface area contributed by atoms with E-state index < -0.39 is 15.7 Å². The van der Waals surface area contributed by atoms with Crippen LogP contribution in [0.25, 0.3) is 5.69 Å². The van der Waals surface area contributed by atoms with Crippen LogP contribution in [0.5, 0.6) is 5.75 Å². The molecule has 3 aromatic rings. The molecule has 0 spiro atoms. The highest BCUT2D eigenvalue weighted by Gasteiger charge is 2.16. The first-order valence-electron chi connectivity index (χ1n) is 7.61. The van der Waals surface area contributed by atoms with Crippen LogP contribution in [0.4, 0.5) is 5.69 Å². The molecule has 3 rings (SSSR count). The van der Waals surface area contributed by atoms with Gasteiger partial charge in [-0.25, -0.2) is 13.1 Å². The number of amides is 1. The Kier molecular flexibility index (Phi) is 4.67. The number of rotatable bonds is 5. The summed E-state index contributed by atoms with van der Waals surface area (Å²) >= 11 is 0. The van der Waals surface area contributed by atoms with Crippen LogP contribution in [0, 0.1) is 0 Å². The van der Waals surface area contributed by atoms with E-state index >= 15 is 0 Å². The van der Waals surface area contributed by atoms with Gasteiger partial charge in [-0.2, -0.15) is 0 Å². The standard InChI is InChI=1S/C16H15N5O4S/c1-2-26(24,25)13-7-8-15(22)14(9-13)18-16(23)11-3-5-12(6-4-11)21-10-17-19-20-21/h3-10,22H,2H2,1H3,(H,18,23). The Hall–Kier alpha value is -3.27. The van der Waals surface area contributed by atoms with Crippen molar-refractivity contribution in [2.45, 2.75) is 11.8 Å². The molecule has 134 valence electrons. The minimum atomic E-state index is -3.45. The van der Waals surface area contributed by atoms with Crippen LogP contribution >= 0.6 is 0 Å². The smallest absolute Gasteiger partial charge is 0.255 e. The van der Waals surface area contributed by atoms with Gasteiger partial charge in [0.1, 0.15) is 12.1 Å². The summed E-state index contributed by atoms with van der Waals surface area (Å²) in [6, 6.07) is 10.2. The van der Waals surface area contributed by atoms with E-state index in [0.29, 0.717) is 11.3 Å². The first kappa shape index (κ1) is 17.5. The second-order valence-electron chi connectivity index (χ2n) is 5.34. The summed E-state index contributed by atoms with van der Waals surface area (Å²) in [6.45, 7) is 1.52. The minimum Gasteiger partial charge on any atom is -0.506 e. The molecule has 0 radical (unpaired) electrons. The van der Waals surface area contributed by atoms with Gasteiger partial charge in [0.05, 0.1) is 22.0 Å². The van der Waals surface area contributed by atoms with Crippen molar-refractivity contribution < 1.29 is 18.3 Å².